The molecule has 0 aromatic heterocycles. The van der Waals surface area contributed by atoms with Gasteiger partial charge in [0.25, 0.3) is 0 Å². The zero-order valence-electron chi connectivity index (χ0n) is 15.9. The first kappa shape index (κ1) is 17.4. The van der Waals surface area contributed by atoms with Gasteiger partial charge in [-0.1, -0.05) is 0 Å². The summed E-state index contributed by atoms with van der Waals surface area (Å²) >= 11 is 0. The van der Waals surface area contributed by atoms with E-state index in [1.54, 1.807) is 20.3 Å². The van der Waals surface area contributed by atoms with Crippen LogP contribution in [0.3, 0.4) is 0 Å². The van der Waals surface area contributed by atoms with E-state index in [0.29, 0.717) is 17.9 Å². The zero-order valence-corrected chi connectivity index (χ0v) is 15.9. The molecule has 0 bridgehead atoms. The molecular weight excluding hydrogens is 344 g/mol. The third-order valence-corrected chi connectivity index (χ3v) is 4.80. The van der Waals surface area contributed by atoms with E-state index in [1.165, 1.54) is 0 Å². The molecule has 140 valence electrons. The molecule has 6 nitrogen and oxygen atoms in total. The van der Waals surface area contributed by atoms with Gasteiger partial charge in [-0.25, -0.2) is 4.99 Å². The maximum atomic E-state index is 10.8. The van der Waals surface area contributed by atoms with Gasteiger partial charge in [0.15, 0.2) is 11.5 Å². The van der Waals surface area contributed by atoms with Gasteiger partial charge >= 0.3 is 0 Å². The second-order valence-electron chi connectivity index (χ2n) is 6.74. The van der Waals surface area contributed by atoms with Crippen LogP contribution in [0.2, 0.25) is 0 Å². The van der Waals surface area contributed by atoms with Gasteiger partial charge in [0.1, 0.15) is 18.1 Å². The smallest absolute Gasteiger partial charge is 0.167 e. The van der Waals surface area contributed by atoms with Crippen molar-refractivity contribution in [3.63, 3.8) is 0 Å². The fourth-order valence-electron chi connectivity index (χ4n) is 3.47. The number of allylic oxidation sites excluding steroid dienone is 1. The minimum absolute atomic E-state index is 0.113. The number of benzene rings is 2. The zero-order chi connectivity index (χ0) is 19.1. The molecule has 0 radical (unpaired) electrons. The Balaban J connectivity index is 1.76. The summed E-state index contributed by atoms with van der Waals surface area (Å²) in [6.07, 6.45) is 1.99. The predicted octanol–water partition coefficient (Wildman–Crippen LogP) is 3.34. The largest absolute Gasteiger partial charge is 0.504 e. The lowest BCUT2D eigenvalue weighted by Crippen LogP contribution is -2.19. The van der Waals surface area contributed by atoms with Crippen molar-refractivity contribution >= 4 is 23.0 Å². The molecular formula is C21H22N2O4. The minimum atomic E-state index is 0.113. The molecule has 1 aliphatic heterocycles. The number of phenols is 1. The second kappa shape index (κ2) is 6.63. The van der Waals surface area contributed by atoms with Gasteiger partial charge in [0.2, 0.25) is 0 Å². The Morgan fingerprint density at radius 1 is 0.963 bits per heavy atom. The number of hydrogen-bond acceptors (Lipinski definition) is 6. The summed E-state index contributed by atoms with van der Waals surface area (Å²) in [4.78, 5) is 6.77. The van der Waals surface area contributed by atoms with E-state index in [0.717, 1.165) is 46.1 Å². The molecule has 0 saturated heterocycles. The van der Waals surface area contributed by atoms with Crippen LogP contribution in [0.1, 0.15) is 16.7 Å². The average molecular weight is 366 g/mol. The van der Waals surface area contributed by atoms with Crippen molar-refractivity contribution in [3.8, 4) is 23.0 Å². The SMILES string of the molecule is COc1ccc(OC)c2c1C=C1C2=Nc2ccc(OCCN(C)C)c(O)c21. The second-order valence-corrected chi connectivity index (χ2v) is 6.74. The van der Waals surface area contributed by atoms with E-state index in [2.05, 4.69) is 0 Å². The van der Waals surface area contributed by atoms with Crippen molar-refractivity contribution in [3.05, 3.63) is 41.0 Å². The number of likely N-dealkylation sites (N-methyl/N-ethyl adjacent to an activating group) is 1. The first-order valence-electron chi connectivity index (χ1n) is 8.75. The summed E-state index contributed by atoms with van der Waals surface area (Å²) in [5.74, 6) is 2.05. The highest BCUT2D eigenvalue weighted by atomic mass is 16.5. The third-order valence-electron chi connectivity index (χ3n) is 4.80. The van der Waals surface area contributed by atoms with E-state index in [1.807, 2.05) is 43.3 Å². The lowest BCUT2D eigenvalue weighted by atomic mass is 10.0. The minimum Gasteiger partial charge on any atom is -0.504 e. The Morgan fingerprint density at radius 2 is 1.67 bits per heavy atom. The van der Waals surface area contributed by atoms with E-state index >= 15 is 0 Å². The highest BCUT2D eigenvalue weighted by molar-refractivity contribution is 6.44. The first-order chi connectivity index (χ1) is 13.0. The molecule has 4 rings (SSSR count). The average Bonchev–Trinajstić information content (AvgIpc) is 3.19. The topological polar surface area (TPSA) is 63.5 Å². The number of hydrogen-bond donors (Lipinski definition) is 1. The monoisotopic (exact) mass is 366 g/mol. The molecule has 0 atom stereocenters. The van der Waals surface area contributed by atoms with Crippen LogP contribution >= 0.6 is 0 Å². The Bertz CT molecular complexity index is 977. The van der Waals surface area contributed by atoms with Crippen molar-refractivity contribution in [2.75, 3.05) is 41.5 Å². The first-order valence-corrected chi connectivity index (χ1v) is 8.75. The van der Waals surface area contributed by atoms with Gasteiger partial charge in [0, 0.05) is 17.7 Å². The highest BCUT2D eigenvalue weighted by Crippen LogP contribution is 2.52. The van der Waals surface area contributed by atoms with Gasteiger partial charge in [-0.15, -0.1) is 0 Å². The Kier molecular flexibility index (Phi) is 4.28. The number of aromatic hydroxyl groups is 1. The normalized spacial score (nSPS) is 13.7. The van der Waals surface area contributed by atoms with Crippen molar-refractivity contribution < 1.29 is 19.3 Å². The summed E-state index contributed by atoms with van der Waals surface area (Å²) in [5.41, 5.74) is 4.86. The lowest BCUT2D eigenvalue weighted by molar-refractivity contribution is 0.252. The maximum Gasteiger partial charge on any atom is 0.167 e. The van der Waals surface area contributed by atoms with Crippen LogP contribution in [0.4, 0.5) is 5.69 Å². The van der Waals surface area contributed by atoms with Crippen LogP contribution in [0.25, 0.3) is 11.6 Å². The Morgan fingerprint density at radius 3 is 2.37 bits per heavy atom. The molecule has 2 aliphatic rings. The molecule has 6 heteroatoms. The summed E-state index contributed by atoms with van der Waals surface area (Å²) in [6.45, 7) is 1.26. The predicted molar refractivity (Wildman–Crippen MR) is 106 cm³/mol. The molecule has 2 aromatic rings. The molecule has 1 N–H and O–H groups in total. The number of rotatable bonds is 6. The molecule has 2 aromatic carbocycles. The van der Waals surface area contributed by atoms with Gasteiger partial charge in [-0.2, -0.15) is 0 Å². The van der Waals surface area contributed by atoms with Gasteiger partial charge in [-0.05, 0) is 44.4 Å². The molecule has 1 aliphatic carbocycles. The van der Waals surface area contributed by atoms with Gasteiger partial charge < -0.3 is 24.2 Å². The van der Waals surface area contributed by atoms with E-state index in [9.17, 15) is 5.11 Å². The molecule has 0 unspecified atom stereocenters. The Hall–Kier alpha value is -2.99. The van der Waals surface area contributed by atoms with Gasteiger partial charge in [-0.3, -0.25) is 0 Å². The van der Waals surface area contributed by atoms with Crippen molar-refractivity contribution in [1.82, 2.24) is 4.90 Å². The van der Waals surface area contributed by atoms with Gasteiger partial charge in [0.05, 0.1) is 36.7 Å². The van der Waals surface area contributed by atoms with Crippen LogP contribution in [-0.2, 0) is 0 Å². The van der Waals surface area contributed by atoms with Crippen molar-refractivity contribution in [2.45, 2.75) is 0 Å². The third kappa shape index (κ3) is 2.73. The van der Waals surface area contributed by atoms with Crippen LogP contribution in [0, 0.1) is 0 Å². The molecule has 1 heterocycles. The number of aliphatic imine (C=N–C) groups is 1. The number of phenolic OH excluding ortho intramolecular Hbond substituents is 1. The number of nitrogens with zero attached hydrogens (tertiary/aromatic N) is 2. The standard InChI is InChI=1S/C21H22N2O4/c1-23(2)9-10-27-17-6-5-14-18(21(17)24)13-11-12-15(25-3)7-8-16(26-4)19(12)20(13)22-14/h5-8,11,24H,9-10H2,1-4H3. The number of fused-ring (bicyclic) bond motifs is 5. The summed E-state index contributed by atoms with van der Waals surface area (Å²) in [5, 5.41) is 10.8. The van der Waals surface area contributed by atoms with E-state index in [4.69, 9.17) is 19.2 Å². The number of ether oxygens (including phenoxy) is 3. The van der Waals surface area contributed by atoms with Crippen LogP contribution < -0.4 is 14.2 Å². The quantitative estimate of drug-likeness (QED) is 0.850. The van der Waals surface area contributed by atoms with E-state index in [-0.39, 0.29) is 5.75 Å². The van der Waals surface area contributed by atoms with Crippen LogP contribution in [0.15, 0.2) is 29.3 Å². The molecule has 0 spiro atoms. The number of methoxy groups -OCH3 is 2. The molecule has 0 amide bonds. The fraction of sp³-hybridized carbons (Fsp3) is 0.286. The summed E-state index contributed by atoms with van der Waals surface area (Å²) in [6, 6.07) is 7.38. The van der Waals surface area contributed by atoms with Crippen molar-refractivity contribution in [1.29, 1.82) is 0 Å². The maximum absolute atomic E-state index is 10.8. The summed E-state index contributed by atoms with van der Waals surface area (Å²) in [7, 11) is 7.23. The Labute approximate surface area is 158 Å². The van der Waals surface area contributed by atoms with Crippen molar-refractivity contribution in [2.24, 2.45) is 4.99 Å². The van der Waals surface area contributed by atoms with E-state index < -0.39 is 0 Å². The highest BCUT2D eigenvalue weighted by Gasteiger charge is 2.35. The fourth-order valence-corrected chi connectivity index (χ4v) is 3.47. The lowest BCUT2D eigenvalue weighted by Gasteiger charge is -2.13. The molecule has 27 heavy (non-hydrogen) atoms. The molecule has 0 fully saturated rings. The van der Waals surface area contributed by atoms with Crippen LogP contribution in [-0.4, -0.2) is 57.2 Å². The van der Waals surface area contributed by atoms with Crippen LogP contribution in [0.5, 0.6) is 23.0 Å². The summed E-state index contributed by atoms with van der Waals surface area (Å²) < 4.78 is 16.8. The molecule has 0 saturated carbocycles.